The third-order valence-corrected chi connectivity index (χ3v) is 4.85. The zero-order chi connectivity index (χ0) is 14.1. The normalized spacial score (nSPS) is 10.9. The molecule has 0 aliphatic carbocycles. The summed E-state index contributed by atoms with van der Waals surface area (Å²) in [5, 5.41) is 2.65. The number of rotatable bonds is 3. The maximum atomic E-state index is 5.90. The lowest BCUT2D eigenvalue weighted by Crippen LogP contribution is -2.10. The van der Waals surface area contributed by atoms with E-state index in [4.69, 9.17) is 17.4 Å². The first-order valence-electron chi connectivity index (χ1n) is 5.84. The van der Waals surface area contributed by atoms with Gasteiger partial charge in [-0.15, -0.1) is 11.3 Å². The molecule has 3 N–H and O–H groups in total. The van der Waals surface area contributed by atoms with Gasteiger partial charge >= 0.3 is 0 Å². The molecule has 2 heterocycles. The van der Waals surface area contributed by atoms with Crippen LogP contribution >= 0.6 is 34.7 Å². The average Bonchev–Trinajstić information content (AvgIpc) is 2.81. The fourth-order valence-corrected chi connectivity index (χ4v) is 3.74. The smallest absolute Gasteiger partial charge is 0.239 e. The number of nitrogens with one attached hydrogen (secondary N) is 1. The maximum Gasteiger partial charge on any atom is 0.239 e. The third-order valence-electron chi connectivity index (χ3n) is 2.64. The summed E-state index contributed by atoms with van der Waals surface area (Å²) in [7, 11) is 0. The minimum atomic E-state index is 0.427. The lowest BCUT2D eigenvalue weighted by molar-refractivity contribution is 1.08. The average molecular weight is 323 g/mol. The molecule has 0 atom stereocenters. The van der Waals surface area contributed by atoms with Crippen LogP contribution in [0.15, 0.2) is 40.3 Å². The highest BCUT2D eigenvalue weighted by molar-refractivity contribution is 7.99. The van der Waals surface area contributed by atoms with Crippen LogP contribution in [0.3, 0.4) is 0 Å². The van der Waals surface area contributed by atoms with Gasteiger partial charge in [-0.25, -0.2) is 15.8 Å². The molecule has 0 radical (unpaired) electrons. The van der Waals surface area contributed by atoms with Gasteiger partial charge in [-0.2, -0.15) is 0 Å². The Balaban J connectivity index is 2.06. The summed E-state index contributed by atoms with van der Waals surface area (Å²) >= 11 is 9.10. The van der Waals surface area contributed by atoms with Crippen LogP contribution in [0.1, 0.15) is 4.88 Å². The first-order valence-corrected chi connectivity index (χ1v) is 7.85. The van der Waals surface area contributed by atoms with Gasteiger partial charge in [-0.1, -0.05) is 23.4 Å². The Kier molecular flexibility index (Phi) is 3.80. The van der Waals surface area contributed by atoms with E-state index >= 15 is 0 Å². The summed E-state index contributed by atoms with van der Waals surface area (Å²) in [6.07, 6.45) is 0. The Morgan fingerprint density at radius 1 is 1.25 bits per heavy atom. The Morgan fingerprint density at radius 3 is 2.70 bits per heavy atom. The van der Waals surface area contributed by atoms with Crippen LogP contribution in [0, 0.1) is 6.92 Å². The molecule has 0 fully saturated rings. The zero-order valence-corrected chi connectivity index (χ0v) is 12.9. The van der Waals surface area contributed by atoms with Crippen LogP contribution in [0.4, 0.5) is 5.95 Å². The molecular formula is C13H11ClN4S2. The molecule has 3 rings (SSSR count). The van der Waals surface area contributed by atoms with Crippen molar-refractivity contribution in [3.8, 4) is 0 Å². The molecular weight excluding hydrogens is 312 g/mol. The molecule has 1 aromatic carbocycles. The van der Waals surface area contributed by atoms with E-state index in [-0.39, 0.29) is 0 Å². The van der Waals surface area contributed by atoms with Crippen molar-refractivity contribution in [2.45, 2.75) is 16.8 Å². The van der Waals surface area contributed by atoms with Crippen LogP contribution in [-0.4, -0.2) is 9.97 Å². The summed E-state index contributed by atoms with van der Waals surface area (Å²) in [6, 6.07) is 9.76. The van der Waals surface area contributed by atoms with Crippen LogP contribution in [0.25, 0.3) is 10.2 Å². The van der Waals surface area contributed by atoms with Gasteiger partial charge < -0.3 is 0 Å². The quantitative estimate of drug-likeness (QED) is 0.432. The summed E-state index contributed by atoms with van der Waals surface area (Å²) in [5.41, 5.74) is 2.51. The molecule has 0 aliphatic heterocycles. The topological polar surface area (TPSA) is 63.8 Å². The first kappa shape index (κ1) is 13.6. The van der Waals surface area contributed by atoms with Crippen molar-refractivity contribution in [2.24, 2.45) is 5.84 Å². The van der Waals surface area contributed by atoms with Gasteiger partial charge in [0.15, 0.2) is 0 Å². The number of aromatic nitrogens is 2. The van der Waals surface area contributed by atoms with Gasteiger partial charge in [-0.05, 0) is 37.3 Å². The number of thiophene rings is 1. The van der Waals surface area contributed by atoms with Gasteiger partial charge in [-0.3, -0.25) is 5.43 Å². The second-order valence-electron chi connectivity index (χ2n) is 4.13. The number of hydrogen-bond acceptors (Lipinski definition) is 6. The van der Waals surface area contributed by atoms with Crippen molar-refractivity contribution in [1.29, 1.82) is 0 Å². The second-order valence-corrected chi connectivity index (χ2v) is 6.86. The number of fused-ring (bicyclic) bond motifs is 1. The highest BCUT2D eigenvalue weighted by Crippen LogP contribution is 2.35. The molecule has 7 heteroatoms. The molecule has 0 saturated heterocycles. The third kappa shape index (κ3) is 2.73. The molecule has 0 bridgehead atoms. The molecule has 102 valence electrons. The predicted octanol–water partition coefficient (Wildman–Crippen LogP) is 4.09. The van der Waals surface area contributed by atoms with E-state index in [1.54, 1.807) is 23.1 Å². The van der Waals surface area contributed by atoms with Crippen molar-refractivity contribution in [3.05, 3.63) is 40.2 Å². The molecule has 20 heavy (non-hydrogen) atoms. The second kappa shape index (κ2) is 5.57. The molecule has 4 nitrogen and oxygen atoms in total. The highest BCUT2D eigenvalue weighted by Gasteiger charge is 2.11. The van der Waals surface area contributed by atoms with Gasteiger partial charge in [0.05, 0.1) is 0 Å². The van der Waals surface area contributed by atoms with Crippen LogP contribution in [0.2, 0.25) is 5.02 Å². The molecule has 0 unspecified atom stereocenters. The number of hydrazine groups is 1. The number of hydrogen-bond donors (Lipinski definition) is 2. The fourth-order valence-electron chi connectivity index (χ4n) is 1.77. The Bertz CT molecular complexity index is 755. The van der Waals surface area contributed by atoms with E-state index in [9.17, 15) is 0 Å². The van der Waals surface area contributed by atoms with Crippen LogP contribution in [0.5, 0.6) is 0 Å². The van der Waals surface area contributed by atoms with E-state index < -0.39 is 0 Å². The van der Waals surface area contributed by atoms with Crippen molar-refractivity contribution in [3.63, 3.8) is 0 Å². The number of halogens is 1. The molecule has 0 aliphatic rings. The molecule has 0 amide bonds. The number of nitrogens with zero attached hydrogens (tertiary/aromatic N) is 2. The van der Waals surface area contributed by atoms with Crippen LogP contribution < -0.4 is 11.3 Å². The van der Waals surface area contributed by atoms with E-state index in [1.165, 1.54) is 4.88 Å². The van der Waals surface area contributed by atoms with Crippen molar-refractivity contribution < 1.29 is 0 Å². The molecule has 0 saturated carbocycles. The summed E-state index contributed by atoms with van der Waals surface area (Å²) in [5.74, 6) is 5.86. The Labute approximate surface area is 129 Å². The monoisotopic (exact) mass is 322 g/mol. The number of aryl methyl sites for hydroxylation is 1. The minimum Gasteiger partial charge on any atom is -0.292 e. The maximum absolute atomic E-state index is 5.90. The number of anilines is 1. The van der Waals surface area contributed by atoms with Crippen molar-refractivity contribution >= 4 is 50.9 Å². The Hall–Kier alpha value is -1.34. The summed E-state index contributed by atoms with van der Waals surface area (Å²) in [6.45, 7) is 2.05. The van der Waals surface area contributed by atoms with E-state index in [0.717, 1.165) is 25.2 Å². The number of nitrogens with two attached hydrogens (primary N) is 1. The SMILES string of the molecule is Cc1cc2c(Sc3ccc(Cl)cc3)nc(NN)nc2s1. The first-order chi connectivity index (χ1) is 9.65. The standard InChI is InChI=1S/C13H11ClN4S2/c1-7-6-10-11(19-7)16-13(18-15)17-12(10)20-9-4-2-8(14)3-5-9/h2-6H,15H2,1H3,(H,16,17,18). The van der Waals surface area contributed by atoms with Gasteiger partial charge in [0.25, 0.3) is 0 Å². The molecule has 0 spiro atoms. The van der Waals surface area contributed by atoms with E-state index in [2.05, 4.69) is 28.4 Å². The lowest BCUT2D eigenvalue weighted by atomic mass is 10.4. The van der Waals surface area contributed by atoms with Gasteiger partial charge in [0.2, 0.25) is 5.95 Å². The molecule has 3 aromatic rings. The lowest BCUT2D eigenvalue weighted by Gasteiger charge is -2.05. The van der Waals surface area contributed by atoms with E-state index in [1.807, 2.05) is 24.3 Å². The summed E-state index contributed by atoms with van der Waals surface area (Å²) < 4.78 is 0. The highest BCUT2D eigenvalue weighted by atomic mass is 35.5. The predicted molar refractivity (Wildman–Crippen MR) is 85.5 cm³/mol. The van der Waals surface area contributed by atoms with Gasteiger partial charge in [0.1, 0.15) is 9.86 Å². The Morgan fingerprint density at radius 2 is 2.00 bits per heavy atom. The largest absolute Gasteiger partial charge is 0.292 e. The number of nitrogen functional groups attached to an aromatic ring is 1. The van der Waals surface area contributed by atoms with Crippen LogP contribution in [-0.2, 0) is 0 Å². The fraction of sp³-hybridized carbons (Fsp3) is 0.0769. The van der Waals surface area contributed by atoms with E-state index in [0.29, 0.717) is 5.95 Å². The van der Waals surface area contributed by atoms with Crippen molar-refractivity contribution in [2.75, 3.05) is 5.43 Å². The minimum absolute atomic E-state index is 0.427. The van der Waals surface area contributed by atoms with Crippen molar-refractivity contribution in [1.82, 2.24) is 9.97 Å². The van der Waals surface area contributed by atoms with Gasteiger partial charge in [0, 0.05) is 20.2 Å². The number of benzene rings is 1. The summed E-state index contributed by atoms with van der Waals surface area (Å²) in [4.78, 5) is 12.0. The molecule has 2 aromatic heterocycles. The zero-order valence-electron chi connectivity index (χ0n) is 10.6.